The SMILES string of the molecule is Cl.Cl.NCc1ccnc(N2CCCCC2)c1. The molecule has 1 saturated heterocycles. The second-order valence-electron chi connectivity index (χ2n) is 3.77. The van der Waals surface area contributed by atoms with Gasteiger partial charge in [0.2, 0.25) is 0 Å². The zero-order valence-electron chi connectivity index (χ0n) is 9.26. The third-order valence-electron chi connectivity index (χ3n) is 2.73. The van der Waals surface area contributed by atoms with Gasteiger partial charge in [-0.2, -0.15) is 0 Å². The molecule has 2 N–H and O–H groups in total. The summed E-state index contributed by atoms with van der Waals surface area (Å²) in [5.41, 5.74) is 6.77. The molecule has 2 heterocycles. The van der Waals surface area contributed by atoms with Crippen molar-refractivity contribution in [2.24, 2.45) is 5.73 Å². The highest BCUT2D eigenvalue weighted by Gasteiger charge is 2.11. The van der Waals surface area contributed by atoms with Crippen LogP contribution in [0.2, 0.25) is 0 Å². The number of piperidine rings is 1. The van der Waals surface area contributed by atoms with Gasteiger partial charge in [0.25, 0.3) is 0 Å². The minimum atomic E-state index is 0. The van der Waals surface area contributed by atoms with Gasteiger partial charge >= 0.3 is 0 Å². The molecule has 16 heavy (non-hydrogen) atoms. The predicted molar refractivity (Wildman–Crippen MR) is 72.7 cm³/mol. The van der Waals surface area contributed by atoms with Gasteiger partial charge in [-0.05, 0) is 37.0 Å². The van der Waals surface area contributed by atoms with E-state index in [1.807, 2.05) is 12.3 Å². The number of anilines is 1. The standard InChI is InChI=1S/C11H17N3.2ClH/c12-9-10-4-5-13-11(8-10)14-6-2-1-3-7-14;;/h4-5,8H,1-3,6-7,9,12H2;2*1H. The Kier molecular flexibility index (Phi) is 7.47. The number of nitrogens with two attached hydrogens (primary N) is 1. The summed E-state index contributed by atoms with van der Waals surface area (Å²) in [7, 11) is 0. The van der Waals surface area contributed by atoms with Crippen molar-refractivity contribution < 1.29 is 0 Å². The highest BCUT2D eigenvalue weighted by molar-refractivity contribution is 5.85. The predicted octanol–water partition coefficient (Wildman–Crippen LogP) is 2.37. The second-order valence-corrected chi connectivity index (χ2v) is 3.77. The summed E-state index contributed by atoms with van der Waals surface area (Å²) < 4.78 is 0. The first-order valence-electron chi connectivity index (χ1n) is 5.30. The van der Waals surface area contributed by atoms with E-state index in [2.05, 4.69) is 16.0 Å². The zero-order chi connectivity index (χ0) is 9.80. The zero-order valence-corrected chi connectivity index (χ0v) is 10.9. The molecule has 1 aliphatic rings. The van der Waals surface area contributed by atoms with Crippen molar-refractivity contribution in [3.05, 3.63) is 23.9 Å². The summed E-state index contributed by atoms with van der Waals surface area (Å²) in [6.45, 7) is 2.88. The van der Waals surface area contributed by atoms with Crippen LogP contribution in [0.5, 0.6) is 0 Å². The maximum atomic E-state index is 5.60. The largest absolute Gasteiger partial charge is 0.357 e. The van der Waals surface area contributed by atoms with E-state index in [-0.39, 0.29) is 24.8 Å². The molecule has 0 atom stereocenters. The molecule has 2 rings (SSSR count). The van der Waals surface area contributed by atoms with Crippen LogP contribution < -0.4 is 10.6 Å². The number of aromatic nitrogens is 1. The lowest BCUT2D eigenvalue weighted by atomic mass is 10.1. The van der Waals surface area contributed by atoms with E-state index in [0.29, 0.717) is 6.54 Å². The van der Waals surface area contributed by atoms with E-state index < -0.39 is 0 Å². The Hall–Kier alpha value is -0.510. The number of pyridine rings is 1. The molecule has 0 amide bonds. The number of rotatable bonds is 2. The monoisotopic (exact) mass is 263 g/mol. The summed E-state index contributed by atoms with van der Waals surface area (Å²) in [4.78, 5) is 6.73. The minimum Gasteiger partial charge on any atom is -0.357 e. The van der Waals surface area contributed by atoms with Crippen molar-refractivity contribution in [3.8, 4) is 0 Å². The summed E-state index contributed by atoms with van der Waals surface area (Å²) in [6, 6.07) is 4.08. The molecule has 0 aromatic carbocycles. The molecule has 3 nitrogen and oxygen atoms in total. The third kappa shape index (κ3) is 3.81. The number of nitrogens with zero attached hydrogens (tertiary/aromatic N) is 2. The molecule has 1 aromatic heterocycles. The number of hydrogen-bond acceptors (Lipinski definition) is 3. The fraction of sp³-hybridized carbons (Fsp3) is 0.545. The minimum absolute atomic E-state index is 0. The molecule has 0 aliphatic carbocycles. The Morgan fingerprint density at radius 2 is 1.88 bits per heavy atom. The Morgan fingerprint density at radius 1 is 1.19 bits per heavy atom. The molecule has 5 heteroatoms. The molecule has 0 bridgehead atoms. The van der Waals surface area contributed by atoms with Crippen LogP contribution in [0.1, 0.15) is 24.8 Å². The maximum Gasteiger partial charge on any atom is 0.128 e. The first kappa shape index (κ1) is 15.5. The molecule has 1 aliphatic heterocycles. The highest BCUT2D eigenvalue weighted by Crippen LogP contribution is 2.17. The second kappa shape index (κ2) is 7.71. The van der Waals surface area contributed by atoms with Gasteiger partial charge in [-0.25, -0.2) is 4.98 Å². The Morgan fingerprint density at radius 3 is 2.50 bits per heavy atom. The lowest BCUT2D eigenvalue weighted by Gasteiger charge is -2.27. The van der Waals surface area contributed by atoms with Gasteiger partial charge in [-0.15, -0.1) is 24.8 Å². The topological polar surface area (TPSA) is 42.1 Å². The quantitative estimate of drug-likeness (QED) is 0.891. The molecule has 0 spiro atoms. The first-order valence-corrected chi connectivity index (χ1v) is 5.30. The van der Waals surface area contributed by atoms with Crippen molar-refractivity contribution in [1.82, 2.24) is 4.98 Å². The lowest BCUT2D eigenvalue weighted by Crippen LogP contribution is -2.30. The summed E-state index contributed by atoms with van der Waals surface area (Å²) >= 11 is 0. The molecular weight excluding hydrogens is 245 g/mol. The Labute approximate surface area is 109 Å². The van der Waals surface area contributed by atoms with Gasteiger partial charge in [-0.1, -0.05) is 0 Å². The van der Waals surface area contributed by atoms with Gasteiger partial charge in [0, 0.05) is 25.8 Å². The molecular formula is C11H19Cl2N3. The van der Waals surface area contributed by atoms with Crippen molar-refractivity contribution in [1.29, 1.82) is 0 Å². The van der Waals surface area contributed by atoms with Crippen LogP contribution in [0.3, 0.4) is 0 Å². The van der Waals surface area contributed by atoms with Gasteiger partial charge in [0.15, 0.2) is 0 Å². The summed E-state index contributed by atoms with van der Waals surface area (Å²) in [5, 5.41) is 0. The van der Waals surface area contributed by atoms with Crippen LogP contribution >= 0.6 is 24.8 Å². The molecule has 92 valence electrons. The number of halogens is 2. The molecule has 0 saturated carbocycles. The molecule has 1 fully saturated rings. The van der Waals surface area contributed by atoms with E-state index in [9.17, 15) is 0 Å². The van der Waals surface area contributed by atoms with Gasteiger partial charge in [0.1, 0.15) is 5.82 Å². The van der Waals surface area contributed by atoms with Crippen molar-refractivity contribution in [2.75, 3.05) is 18.0 Å². The van der Waals surface area contributed by atoms with E-state index >= 15 is 0 Å². The van der Waals surface area contributed by atoms with E-state index in [0.717, 1.165) is 18.9 Å². The normalized spacial score (nSPS) is 14.9. The average molecular weight is 264 g/mol. The summed E-state index contributed by atoms with van der Waals surface area (Å²) in [6.07, 6.45) is 5.78. The molecule has 0 unspecified atom stereocenters. The highest BCUT2D eigenvalue weighted by atomic mass is 35.5. The maximum absolute atomic E-state index is 5.60. The third-order valence-corrected chi connectivity index (χ3v) is 2.73. The fourth-order valence-electron chi connectivity index (χ4n) is 1.88. The van der Waals surface area contributed by atoms with Gasteiger partial charge < -0.3 is 10.6 Å². The molecule has 1 aromatic rings. The van der Waals surface area contributed by atoms with Crippen molar-refractivity contribution >= 4 is 30.6 Å². The first-order chi connectivity index (χ1) is 6.90. The van der Waals surface area contributed by atoms with Gasteiger partial charge in [-0.3, -0.25) is 0 Å². The van der Waals surface area contributed by atoms with Crippen molar-refractivity contribution in [3.63, 3.8) is 0 Å². The smallest absolute Gasteiger partial charge is 0.128 e. The van der Waals surface area contributed by atoms with Crippen LogP contribution in [-0.4, -0.2) is 18.1 Å². The van der Waals surface area contributed by atoms with E-state index in [4.69, 9.17) is 5.73 Å². The van der Waals surface area contributed by atoms with Crippen molar-refractivity contribution in [2.45, 2.75) is 25.8 Å². The van der Waals surface area contributed by atoms with Crippen LogP contribution in [0, 0.1) is 0 Å². The van der Waals surface area contributed by atoms with Crippen LogP contribution in [0.25, 0.3) is 0 Å². The fourth-order valence-corrected chi connectivity index (χ4v) is 1.88. The van der Waals surface area contributed by atoms with E-state index in [1.54, 1.807) is 0 Å². The molecule has 0 radical (unpaired) electrons. The average Bonchev–Trinajstić information content (AvgIpc) is 2.30. The Balaban J connectivity index is 0.00000112. The van der Waals surface area contributed by atoms with Gasteiger partial charge in [0.05, 0.1) is 0 Å². The van der Waals surface area contributed by atoms with Crippen LogP contribution in [-0.2, 0) is 6.54 Å². The lowest BCUT2D eigenvalue weighted by molar-refractivity contribution is 0.573. The summed E-state index contributed by atoms with van der Waals surface area (Å²) in [5.74, 6) is 1.09. The van der Waals surface area contributed by atoms with Crippen LogP contribution in [0.15, 0.2) is 18.3 Å². The number of hydrogen-bond donors (Lipinski definition) is 1. The van der Waals surface area contributed by atoms with E-state index in [1.165, 1.54) is 24.8 Å². The van der Waals surface area contributed by atoms with Crippen LogP contribution in [0.4, 0.5) is 5.82 Å². The Bertz CT molecular complexity index is 301.